The van der Waals surface area contributed by atoms with Crippen molar-refractivity contribution in [3.63, 3.8) is 0 Å². The van der Waals surface area contributed by atoms with Crippen LogP contribution in [0.3, 0.4) is 0 Å². The molecule has 0 aromatic carbocycles. The Morgan fingerprint density at radius 1 is 1.43 bits per heavy atom. The summed E-state index contributed by atoms with van der Waals surface area (Å²) in [7, 11) is 0. The van der Waals surface area contributed by atoms with E-state index in [1.807, 2.05) is 6.07 Å². The van der Waals surface area contributed by atoms with Crippen LogP contribution in [0.4, 0.5) is 5.13 Å². The molecule has 2 aromatic heterocycles. The number of carboxylic acid groups (broad SMARTS) is 1. The molecular formula is C22H25N7O5S3. The third kappa shape index (κ3) is 5.49. The molecule has 2 aromatic rings. The van der Waals surface area contributed by atoms with Crippen LogP contribution in [0.1, 0.15) is 35.0 Å². The van der Waals surface area contributed by atoms with E-state index in [2.05, 4.69) is 20.5 Å². The molecule has 12 nitrogen and oxygen atoms in total. The zero-order chi connectivity index (χ0) is 26.7. The summed E-state index contributed by atoms with van der Waals surface area (Å²) < 4.78 is 0. The van der Waals surface area contributed by atoms with Crippen molar-refractivity contribution < 1.29 is 19.5 Å². The molecule has 0 radical (unpaired) electrons. The highest BCUT2D eigenvalue weighted by Gasteiger charge is 2.54. The number of fused-ring (bicyclic) bond motifs is 1. The maximum absolute atomic E-state index is 13.0. The van der Waals surface area contributed by atoms with Crippen LogP contribution in [0.2, 0.25) is 0 Å². The summed E-state index contributed by atoms with van der Waals surface area (Å²) in [4.78, 5) is 61.0. The summed E-state index contributed by atoms with van der Waals surface area (Å²) in [6.07, 6.45) is 4.23. The third-order valence-corrected chi connectivity index (χ3v) is 9.08. The number of aliphatic carboxylic acids is 1. The van der Waals surface area contributed by atoms with Crippen molar-refractivity contribution in [3.8, 4) is 0 Å². The van der Waals surface area contributed by atoms with Crippen molar-refractivity contribution in [2.24, 2.45) is 10.9 Å². The highest BCUT2D eigenvalue weighted by molar-refractivity contribution is 8.03. The van der Waals surface area contributed by atoms with Crippen LogP contribution in [0.25, 0.3) is 0 Å². The summed E-state index contributed by atoms with van der Waals surface area (Å²) >= 11 is 4.09. The van der Waals surface area contributed by atoms with Gasteiger partial charge in [-0.15, -0.1) is 16.2 Å². The third-order valence-electron chi connectivity index (χ3n) is 5.97. The number of nitrogen functional groups attached to an aromatic ring is 1. The molecule has 2 aliphatic rings. The van der Waals surface area contributed by atoms with E-state index < -0.39 is 35.9 Å². The summed E-state index contributed by atoms with van der Waals surface area (Å²) in [5, 5.41) is 15.6. The van der Waals surface area contributed by atoms with E-state index >= 15 is 0 Å². The number of hydrogen-bond donors (Lipinski definition) is 4. The van der Waals surface area contributed by atoms with E-state index in [9.17, 15) is 24.4 Å². The molecule has 1 saturated heterocycles. The average Bonchev–Trinajstić information content (AvgIpc) is 3.20. The highest BCUT2D eigenvalue weighted by atomic mass is 32.2. The molecule has 2 unspecified atom stereocenters. The van der Waals surface area contributed by atoms with Crippen molar-refractivity contribution in [2.75, 3.05) is 18.0 Å². The molecule has 0 saturated carbocycles. The highest BCUT2D eigenvalue weighted by Crippen LogP contribution is 2.44. The smallest absolute Gasteiger partial charge is 0.353 e. The summed E-state index contributed by atoms with van der Waals surface area (Å²) in [5.74, 6) is -1.09. The number of nitrogens with one attached hydrogen (secondary N) is 1. The molecule has 2 amide bonds. The van der Waals surface area contributed by atoms with Crippen LogP contribution in [0, 0.1) is 11.8 Å². The molecule has 15 heteroatoms. The lowest BCUT2D eigenvalue weighted by atomic mass is 9.86. The second-order valence-electron chi connectivity index (χ2n) is 8.31. The topological polar surface area (TPSA) is 194 Å². The number of nitrogens with zero attached hydrogens (tertiary/aromatic N) is 4. The van der Waals surface area contributed by atoms with Gasteiger partial charge in [-0.2, -0.15) is 11.8 Å². The number of nitroso groups, excluding NO2 is 1. The van der Waals surface area contributed by atoms with Gasteiger partial charge >= 0.3 is 5.97 Å². The second-order valence-corrected chi connectivity index (χ2v) is 11.8. The number of carbonyl (C=O) groups is 3. The number of nitrogens with two attached hydrogens (primary N) is 2. The maximum Gasteiger partial charge on any atom is 0.353 e. The van der Waals surface area contributed by atoms with Gasteiger partial charge in [0.1, 0.15) is 11.7 Å². The number of thioether (sulfide) groups is 2. The zero-order valence-corrected chi connectivity index (χ0v) is 22.2. The Hall–Kier alpha value is -3.01. The number of aromatic nitrogens is 2. The number of aryl methyl sites for hydroxylation is 1. The van der Waals surface area contributed by atoms with E-state index in [4.69, 9.17) is 11.5 Å². The van der Waals surface area contributed by atoms with Crippen LogP contribution >= 0.6 is 34.9 Å². The normalized spacial score (nSPS) is 19.7. The molecule has 3 atom stereocenters. The number of thiazole rings is 1. The first-order valence-corrected chi connectivity index (χ1v) is 14.1. The van der Waals surface area contributed by atoms with E-state index in [1.54, 1.807) is 31.1 Å². The Balaban J connectivity index is 1.52. The number of anilines is 1. The number of pyridine rings is 1. The van der Waals surface area contributed by atoms with Gasteiger partial charge in [-0.1, -0.05) is 11.8 Å². The molecule has 196 valence electrons. The minimum Gasteiger partial charge on any atom is -0.477 e. The molecule has 0 aliphatic carbocycles. The number of carbonyl (C=O) groups excluding carboxylic acids is 2. The van der Waals surface area contributed by atoms with Gasteiger partial charge in [0.05, 0.1) is 11.7 Å². The fourth-order valence-electron chi connectivity index (χ4n) is 4.29. The summed E-state index contributed by atoms with van der Waals surface area (Å²) in [5.41, 5.74) is 12.2. The predicted octanol–water partition coefficient (Wildman–Crippen LogP) is 2.01. The van der Waals surface area contributed by atoms with Crippen LogP contribution in [0.15, 0.2) is 39.1 Å². The summed E-state index contributed by atoms with van der Waals surface area (Å²) in [6.45, 7) is 2.22. The zero-order valence-electron chi connectivity index (χ0n) is 19.7. The Morgan fingerprint density at radius 3 is 2.86 bits per heavy atom. The van der Waals surface area contributed by atoms with Crippen molar-refractivity contribution in [1.82, 2.24) is 20.2 Å². The molecule has 1 fully saturated rings. The van der Waals surface area contributed by atoms with Crippen LogP contribution in [-0.2, 0) is 20.1 Å². The van der Waals surface area contributed by atoms with Gasteiger partial charge in [-0.3, -0.25) is 19.5 Å². The van der Waals surface area contributed by atoms with Gasteiger partial charge in [0.15, 0.2) is 5.13 Å². The molecule has 2 aliphatic heterocycles. The average molecular weight is 564 g/mol. The van der Waals surface area contributed by atoms with Gasteiger partial charge in [0.25, 0.3) is 11.8 Å². The lowest BCUT2D eigenvalue weighted by Crippen LogP contribution is -2.71. The first-order valence-electron chi connectivity index (χ1n) is 11.3. The Morgan fingerprint density at radius 2 is 2.22 bits per heavy atom. The number of hydrogen-bond acceptors (Lipinski definition) is 12. The largest absolute Gasteiger partial charge is 0.477 e. The first kappa shape index (κ1) is 27.0. The number of carboxylic acids is 1. The van der Waals surface area contributed by atoms with Crippen LogP contribution in [0.5, 0.6) is 0 Å². The summed E-state index contributed by atoms with van der Waals surface area (Å²) in [6, 6.07) is -1.14. The molecule has 0 spiro atoms. The quantitative estimate of drug-likeness (QED) is 0.177. The van der Waals surface area contributed by atoms with Gasteiger partial charge < -0.3 is 21.9 Å². The number of allylic oxidation sites excluding steroid dienone is 1. The molecule has 4 rings (SSSR count). The van der Waals surface area contributed by atoms with E-state index in [1.165, 1.54) is 16.7 Å². The number of rotatable bonds is 11. The lowest BCUT2D eigenvalue weighted by molar-refractivity contribution is -0.156. The Labute approximate surface area is 224 Å². The monoisotopic (exact) mass is 563 g/mol. The Bertz CT molecular complexity index is 1270. The molecule has 4 heterocycles. The SMILES string of the molecule is Cc1sc(N)nc1C(N=O)C(=O)N[C@H]1C(=O)N2C(C(=O)O)=C(Sc3ccncc3CSCCN)CCC12. The fraction of sp³-hybridized carbons (Fsp3) is 0.409. The van der Waals surface area contributed by atoms with E-state index in [0.29, 0.717) is 34.9 Å². The second kappa shape index (κ2) is 11.6. The standard InChI is InChI=1S/C22H25N7O5S3/c1-10-15(27-22(24)36-10)17(28-34)19(30)26-16-12-2-3-14(18(21(32)33)29(12)20(16)31)37-13-4-6-25-8-11(13)9-35-7-5-23/h4,6,8,12,16-17H,2-3,5,7,9,23H2,1H3,(H2,24,27)(H,26,30)(H,32,33)/t12?,16-,17?/m1/s1. The van der Waals surface area contributed by atoms with Crippen LogP contribution < -0.4 is 16.8 Å². The predicted molar refractivity (Wildman–Crippen MR) is 142 cm³/mol. The minimum absolute atomic E-state index is 0.0951. The van der Waals surface area contributed by atoms with Crippen molar-refractivity contribution in [3.05, 3.63) is 50.1 Å². The van der Waals surface area contributed by atoms with E-state index in [0.717, 1.165) is 27.5 Å². The van der Waals surface area contributed by atoms with Gasteiger partial charge in [0, 0.05) is 45.1 Å². The molecule has 0 bridgehead atoms. The number of β-lactam (4-membered cyclic amide) rings is 1. The van der Waals surface area contributed by atoms with Gasteiger partial charge in [0.2, 0.25) is 6.04 Å². The first-order chi connectivity index (χ1) is 17.8. The van der Waals surface area contributed by atoms with Crippen LogP contribution in [-0.4, -0.2) is 62.1 Å². The minimum atomic E-state index is -1.46. The molecular weight excluding hydrogens is 538 g/mol. The maximum atomic E-state index is 13.0. The van der Waals surface area contributed by atoms with E-state index in [-0.39, 0.29) is 16.5 Å². The Kier molecular flexibility index (Phi) is 8.46. The van der Waals surface area contributed by atoms with Gasteiger partial charge in [-0.05, 0) is 36.6 Å². The fourth-order valence-corrected chi connectivity index (χ4v) is 7.01. The lowest BCUT2D eigenvalue weighted by Gasteiger charge is -2.50. The van der Waals surface area contributed by atoms with Crippen molar-refractivity contribution in [2.45, 2.75) is 48.5 Å². The molecule has 37 heavy (non-hydrogen) atoms. The molecule has 6 N–H and O–H groups in total. The van der Waals surface area contributed by atoms with Crippen molar-refractivity contribution in [1.29, 1.82) is 0 Å². The van der Waals surface area contributed by atoms with Crippen molar-refractivity contribution >= 4 is 57.8 Å². The number of amides is 2. The van der Waals surface area contributed by atoms with Gasteiger partial charge in [-0.25, -0.2) is 9.78 Å².